The first-order chi connectivity index (χ1) is 8.31. The molecule has 1 aliphatic rings. The Kier molecular flexibility index (Phi) is 4.18. The van der Waals surface area contributed by atoms with E-state index in [2.05, 4.69) is 6.92 Å². The number of rotatable bonds is 4. The zero-order chi connectivity index (χ0) is 12.1. The molecule has 1 aromatic carbocycles. The number of hydrogen-bond donors (Lipinski definition) is 0. The van der Waals surface area contributed by atoms with Crippen molar-refractivity contribution < 1.29 is 9.53 Å². The molecule has 2 heteroatoms. The van der Waals surface area contributed by atoms with Crippen LogP contribution in [0.15, 0.2) is 24.3 Å². The maximum Gasteiger partial charge on any atom is 0.150 e. The quantitative estimate of drug-likeness (QED) is 0.737. The summed E-state index contributed by atoms with van der Waals surface area (Å²) in [5.74, 6) is 1.78. The largest absolute Gasteiger partial charge is 0.490 e. The molecule has 1 saturated carbocycles. The molecule has 1 aliphatic carbocycles. The highest BCUT2D eigenvalue weighted by Gasteiger charge is 2.20. The Bertz CT molecular complexity index is 348. The lowest BCUT2D eigenvalue weighted by Crippen LogP contribution is -2.23. The van der Waals surface area contributed by atoms with Gasteiger partial charge in [-0.05, 0) is 55.9 Å². The Balaban J connectivity index is 1.86. The van der Waals surface area contributed by atoms with Crippen LogP contribution in [0.25, 0.3) is 0 Å². The Morgan fingerprint density at radius 2 is 1.82 bits per heavy atom. The van der Waals surface area contributed by atoms with Crippen LogP contribution in [0.1, 0.15) is 49.4 Å². The van der Waals surface area contributed by atoms with Crippen LogP contribution in [-0.2, 0) is 0 Å². The summed E-state index contributed by atoms with van der Waals surface area (Å²) in [4.78, 5) is 10.5. The first-order valence-corrected chi connectivity index (χ1v) is 6.53. The second-order valence-corrected chi connectivity index (χ2v) is 4.86. The van der Waals surface area contributed by atoms with E-state index in [1.165, 1.54) is 19.3 Å². The summed E-state index contributed by atoms with van der Waals surface area (Å²) >= 11 is 0. The summed E-state index contributed by atoms with van der Waals surface area (Å²) in [7, 11) is 0. The average molecular weight is 232 g/mol. The summed E-state index contributed by atoms with van der Waals surface area (Å²) in [5.41, 5.74) is 0.701. The monoisotopic (exact) mass is 232 g/mol. The Morgan fingerprint density at radius 1 is 1.18 bits per heavy atom. The molecule has 0 atom stereocenters. The number of benzene rings is 1. The molecule has 0 aliphatic heterocycles. The molecule has 0 bridgehead atoms. The van der Waals surface area contributed by atoms with E-state index < -0.39 is 0 Å². The van der Waals surface area contributed by atoms with E-state index in [4.69, 9.17) is 4.74 Å². The molecule has 92 valence electrons. The summed E-state index contributed by atoms with van der Waals surface area (Å²) in [6.07, 6.45) is 7.40. The molecular weight excluding hydrogens is 212 g/mol. The van der Waals surface area contributed by atoms with Crippen molar-refractivity contribution in [2.75, 3.05) is 0 Å². The predicted octanol–water partition coefficient (Wildman–Crippen LogP) is 3.85. The number of ether oxygens (including phenoxy) is 1. The van der Waals surface area contributed by atoms with E-state index >= 15 is 0 Å². The Hall–Kier alpha value is -1.31. The van der Waals surface area contributed by atoms with Gasteiger partial charge in [0.25, 0.3) is 0 Å². The summed E-state index contributed by atoms with van der Waals surface area (Å²) < 4.78 is 5.93. The van der Waals surface area contributed by atoms with E-state index in [0.717, 1.165) is 30.8 Å². The lowest BCUT2D eigenvalue weighted by Gasteiger charge is -2.28. The van der Waals surface area contributed by atoms with Gasteiger partial charge in [-0.25, -0.2) is 0 Å². The fraction of sp³-hybridized carbons (Fsp3) is 0.533. The number of hydrogen-bond acceptors (Lipinski definition) is 2. The van der Waals surface area contributed by atoms with Gasteiger partial charge < -0.3 is 4.74 Å². The predicted molar refractivity (Wildman–Crippen MR) is 68.5 cm³/mol. The topological polar surface area (TPSA) is 26.3 Å². The van der Waals surface area contributed by atoms with Gasteiger partial charge in [0, 0.05) is 5.56 Å². The minimum Gasteiger partial charge on any atom is -0.490 e. The highest BCUT2D eigenvalue weighted by atomic mass is 16.5. The van der Waals surface area contributed by atoms with Crippen LogP contribution >= 0.6 is 0 Å². The maximum atomic E-state index is 10.5. The van der Waals surface area contributed by atoms with Crippen molar-refractivity contribution in [2.45, 2.75) is 45.1 Å². The highest BCUT2D eigenvalue weighted by Crippen LogP contribution is 2.29. The van der Waals surface area contributed by atoms with Gasteiger partial charge in [0.2, 0.25) is 0 Å². The zero-order valence-electron chi connectivity index (χ0n) is 10.4. The van der Waals surface area contributed by atoms with Crippen molar-refractivity contribution >= 4 is 6.29 Å². The number of carbonyl (C=O) groups is 1. The molecule has 0 amide bonds. The van der Waals surface area contributed by atoms with E-state index in [-0.39, 0.29) is 0 Å². The second kappa shape index (κ2) is 5.85. The maximum absolute atomic E-state index is 10.5. The molecule has 0 heterocycles. The van der Waals surface area contributed by atoms with Crippen LogP contribution in [0.4, 0.5) is 0 Å². The van der Waals surface area contributed by atoms with Crippen molar-refractivity contribution in [3.63, 3.8) is 0 Å². The summed E-state index contributed by atoms with van der Waals surface area (Å²) in [6.45, 7) is 2.27. The van der Waals surface area contributed by atoms with E-state index in [1.807, 2.05) is 12.1 Å². The minimum atomic E-state index is 0.361. The van der Waals surface area contributed by atoms with Crippen molar-refractivity contribution in [3.8, 4) is 5.75 Å². The molecule has 0 radical (unpaired) electrons. The summed E-state index contributed by atoms with van der Waals surface area (Å²) in [6, 6.07) is 7.38. The third-order valence-corrected chi connectivity index (χ3v) is 3.69. The minimum absolute atomic E-state index is 0.361. The van der Waals surface area contributed by atoms with Gasteiger partial charge in [-0.15, -0.1) is 0 Å². The molecule has 0 N–H and O–H groups in total. The van der Waals surface area contributed by atoms with Crippen LogP contribution < -0.4 is 4.74 Å². The first-order valence-electron chi connectivity index (χ1n) is 6.53. The fourth-order valence-electron chi connectivity index (χ4n) is 2.48. The van der Waals surface area contributed by atoms with Crippen molar-refractivity contribution in [1.29, 1.82) is 0 Å². The first kappa shape index (κ1) is 12.2. The van der Waals surface area contributed by atoms with Crippen LogP contribution in [0.3, 0.4) is 0 Å². The van der Waals surface area contributed by atoms with Crippen LogP contribution in [-0.4, -0.2) is 12.4 Å². The van der Waals surface area contributed by atoms with Gasteiger partial charge >= 0.3 is 0 Å². The summed E-state index contributed by atoms with van der Waals surface area (Å²) in [5, 5.41) is 0. The standard InChI is InChI=1S/C15H20O2/c1-2-12-3-7-14(8-4-12)17-15-9-5-13(11-16)6-10-15/h5-6,9-12,14H,2-4,7-8H2,1H3. The lowest BCUT2D eigenvalue weighted by molar-refractivity contribution is 0.112. The molecule has 0 aromatic heterocycles. The number of carbonyl (C=O) groups excluding carboxylic acids is 1. The average Bonchev–Trinajstić information content (AvgIpc) is 2.40. The second-order valence-electron chi connectivity index (χ2n) is 4.86. The smallest absolute Gasteiger partial charge is 0.150 e. The third-order valence-electron chi connectivity index (χ3n) is 3.69. The Morgan fingerprint density at radius 3 is 2.35 bits per heavy atom. The van der Waals surface area contributed by atoms with Crippen LogP contribution in [0.2, 0.25) is 0 Å². The fourth-order valence-corrected chi connectivity index (χ4v) is 2.48. The van der Waals surface area contributed by atoms with Crippen molar-refractivity contribution in [2.24, 2.45) is 5.92 Å². The lowest BCUT2D eigenvalue weighted by atomic mass is 9.86. The molecular formula is C15H20O2. The highest BCUT2D eigenvalue weighted by molar-refractivity contribution is 5.74. The normalized spacial score (nSPS) is 24.3. The van der Waals surface area contributed by atoms with Gasteiger partial charge in [-0.3, -0.25) is 4.79 Å². The molecule has 0 spiro atoms. The molecule has 0 saturated heterocycles. The van der Waals surface area contributed by atoms with Crippen LogP contribution in [0, 0.1) is 5.92 Å². The molecule has 1 aromatic rings. The van der Waals surface area contributed by atoms with Gasteiger partial charge in [-0.1, -0.05) is 13.3 Å². The molecule has 2 rings (SSSR count). The van der Waals surface area contributed by atoms with Gasteiger partial charge in [0.05, 0.1) is 6.10 Å². The van der Waals surface area contributed by atoms with E-state index in [1.54, 1.807) is 12.1 Å². The molecule has 2 nitrogen and oxygen atoms in total. The SMILES string of the molecule is CCC1CCC(Oc2ccc(C=O)cc2)CC1. The Labute approximate surface area is 103 Å². The number of aldehydes is 1. The zero-order valence-corrected chi connectivity index (χ0v) is 10.4. The van der Waals surface area contributed by atoms with Gasteiger partial charge in [0.1, 0.15) is 12.0 Å². The molecule has 17 heavy (non-hydrogen) atoms. The van der Waals surface area contributed by atoms with Gasteiger partial charge in [-0.2, -0.15) is 0 Å². The molecule has 0 unspecified atom stereocenters. The van der Waals surface area contributed by atoms with Crippen molar-refractivity contribution in [1.82, 2.24) is 0 Å². The molecule has 1 fully saturated rings. The third kappa shape index (κ3) is 3.32. The van der Waals surface area contributed by atoms with E-state index in [0.29, 0.717) is 11.7 Å². The van der Waals surface area contributed by atoms with E-state index in [9.17, 15) is 4.79 Å². The van der Waals surface area contributed by atoms with Crippen LogP contribution in [0.5, 0.6) is 5.75 Å². The van der Waals surface area contributed by atoms with Crippen molar-refractivity contribution in [3.05, 3.63) is 29.8 Å². The van der Waals surface area contributed by atoms with Gasteiger partial charge in [0.15, 0.2) is 0 Å².